The van der Waals surface area contributed by atoms with Gasteiger partial charge in [-0.05, 0) is 51.1 Å². The Morgan fingerprint density at radius 2 is 1.69 bits per heavy atom. The molecule has 3 atom stereocenters. The van der Waals surface area contributed by atoms with Crippen LogP contribution < -0.4 is 0 Å². The van der Waals surface area contributed by atoms with Crippen LogP contribution >= 0.6 is 8.03 Å². The van der Waals surface area contributed by atoms with Gasteiger partial charge < -0.3 is 10.2 Å². The number of aromatic nitrogens is 1. The maximum absolute atomic E-state index is 13.7. The fourth-order valence-corrected chi connectivity index (χ4v) is 5.64. The molecule has 0 radical (unpaired) electrons. The SMILES string of the molecule is CO[P+](=O)C(C#CC(C)C)(C(=O)O)C(O)(Cc1ccc(F)cc1)c1cccc(-c2cccc3ccccc23)n1. The van der Waals surface area contributed by atoms with Crippen LogP contribution in [0.5, 0.6) is 0 Å². The number of carbonyl (C=O) groups is 1. The van der Waals surface area contributed by atoms with Gasteiger partial charge in [0, 0.05) is 17.9 Å². The Hall–Kier alpha value is -3.95. The molecule has 0 bridgehead atoms. The van der Waals surface area contributed by atoms with Gasteiger partial charge in [0.2, 0.25) is 0 Å². The fourth-order valence-electron chi connectivity index (χ4n) is 4.56. The van der Waals surface area contributed by atoms with Gasteiger partial charge in [-0.25, -0.2) is 14.2 Å². The minimum absolute atomic E-state index is 0.0573. The van der Waals surface area contributed by atoms with Crippen LogP contribution in [0.1, 0.15) is 25.1 Å². The summed E-state index contributed by atoms with van der Waals surface area (Å²) in [5.41, 5.74) is -0.858. The molecule has 0 amide bonds. The van der Waals surface area contributed by atoms with Gasteiger partial charge in [-0.15, -0.1) is 4.52 Å². The molecule has 8 heteroatoms. The van der Waals surface area contributed by atoms with E-state index in [1.54, 1.807) is 26.0 Å². The first kappa shape index (κ1) is 28.1. The maximum atomic E-state index is 13.7. The molecule has 0 aliphatic heterocycles. The Kier molecular flexibility index (Phi) is 8.22. The van der Waals surface area contributed by atoms with Crippen molar-refractivity contribution in [2.75, 3.05) is 7.11 Å². The molecule has 0 spiro atoms. The van der Waals surface area contributed by atoms with E-state index in [1.807, 2.05) is 42.5 Å². The Bertz CT molecular complexity index is 1590. The highest BCUT2D eigenvalue weighted by atomic mass is 31.1. The number of carboxylic acid groups (broad SMARTS) is 1. The Balaban J connectivity index is 2.02. The van der Waals surface area contributed by atoms with Gasteiger partial charge in [0.05, 0.1) is 18.5 Å². The second kappa shape index (κ2) is 11.4. The van der Waals surface area contributed by atoms with Crippen molar-refractivity contribution in [1.29, 1.82) is 0 Å². The third-order valence-electron chi connectivity index (χ3n) is 6.50. The topological polar surface area (TPSA) is 96.7 Å². The van der Waals surface area contributed by atoms with Crippen LogP contribution in [0, 0.1) is 23.6 Å². The molecule has 0 aliphatic carbocycles. The van der Waals surface area contributed by atoms with Gasteiger partial charge in [0.1, 0.15) is 5.82 Å². The van der Waals surface area contributed by atoms with E-state index >= 15 is 0 Å². The van der Waals surface area contributed by atoms with E-state index in [4.69, 9.17) is 9.51 Å². The van der Waals surface area contributed by atoms with E-state index in [2.05, 4.69) is 11.8 Å². The molecule has 198 valence electrons. The molecule has 3 aromatic carbocycles. The van der Waals surface area contributed by atoms with Crippen LogP contribution in [0.15, 0.2) is 84.9 Å². The van der Waals surface area contributed by atoms with Crippen molar-refractivity contribution in [2.45, 2.75) is 31.0 Å². The zero-order valence-corrected chi connectivity index (χ0v) is 22.7. The van der Waals surface area contributed by atoms with E-state index < -0.39 is 30.6 Å². The summed E-state index contributed by atoms with van der Waals surface area (Å²) in [5, 5.41) is 22.4. The molecule has 0 aliphatic rings. The number of aliphatic hydroxyl groups is 1. The zero-order chi connectivity index (χ0) is 28.2. The second-order valence-corrected chi connectivity index (χ2v) is 11.0. The Morgan fingerprint density at radius 3 is 2.36 bits per heavy atom. The van der Waals surface area contributed by atoms with Crippen molar-refractivity contribution in [2.24, 2.45) is 5.92 Å². The number of pyridine rings is 1. The average molecular weight is 545 g/mol. The highest BCUT2D eigenvalue weighted by molar-refractivity contribution is 7.43. The minimum atomic E-state index is -3.09. The van der Waals surface area contributed by atoms with E-state index in [0.29, 0.717) is 11.3 Å². The Labute approximate surface area is 227 Å². The van der Waals surface area contributed by atoms with Crippen LogP contribution in [0.4, 0.5) is 4.39 Å². The number of aliphatic carboxylic acids is 1. The van der Waals surface area contributed by atoms with Gasteiger partial charge >= 0.3 is 19.2 Å². The third kappa shape index (κ3) is 5.32. The predicted octanol–water partition coefficient (Wildman–Crippen LogP) is 6.34. The number of halogens is 1. The summed E-state index contributed by atoms with van der Waals surface area (Å²) in [6.45, 7) is 3.50. The van der Waals surface area contributed by atoms with Crippen LogP contribution in [-0.2, 0) is 25.9 Å². The molecule has 1 aromatic heterocycles. The lowest BCUT2D eigenvalue weighted by Crippen LogP contribution is -2.56. The van der Waals surface area contributed by atoms with Gasteiger partial charge in [-0.3, -0.25) is 0 Å². The molecule has 4 rings (SSSR count). The van der Waals surface area contributed by atoms with Crippen molar-refractivity contribution >= 4 is 24.8 Å². The van der Waals surface area contributed by atoms with E-state index in [-0.39, 0.29) is 18.0 Å². The van der Waals surface area contributed by atoms with Crippen molar-refractivity contribution in [1.82, 2.24) is 4.98 Å². The summed E-state index contributed by atoms with van der Waals surface area (Å²) in [6, 6.07) is 23.6. The summed E-state index contributed by atoms with van der Waals surface area (Å²) in [4.78, 5) is 17.7. The van der Waals surface area contributed by atoms with Crippen molar-refractivity contribution in [3.63, 3.8) is 0 Å². The number of fused-ring (bicyclic) bond motifs is 1. The molecule has 0 fully saturated rings. The maximum Gasteiger partial charge on any atom is 0.543 e. The second-order valence-electron chi connectivity index (χ2n) is 9.48. The first-order valence-corrected chi connectivity index (χ1v) is 13.5. The summed E-state index contributed by atoms with van der Waals surface area (Å²) < 4.78 is 32.3. The summed E-state index contributed by atoms with van der Waals surface area (Å²) >= 11 is 0. The lowest BCUT2D eigenvalue weighted by atomic mass is 9.78. The summed E-state index contributed by atoms with van der Waals surface area (Å²) in [6.07, 6.45) is -0.372. The van der Waals surface area contributed by atoms with E-state index in [0.717, 1.165) is 23.4 Å². The summed E-state index contributed by atoms with van der Waals surface area (Å²) in [7, 11) is -1.99. The van der Waals surface area contributed by atoms with Crippen molar-refractivity contribution in [3.05, 3.63) is 102 Å². The monoisotopic (exact) mass is 544 g/mol. The minimum Gasteiger partial charge on any atom is -0.477 e. The highest BCUT2D eigenvalue weighted by Gasteiger charge is 2.72. The van der Waals surface area contributed by atoms with Gasteiger partial charge in [-0.2, -0.15) is 0 Å². The number of rotatable bonds is 8. The predicted molar refractivity (Wildman–Crippen MR) is 149 cm³/mol. The lowest BCUT2D eigenvalue weighted by molar-refractivity contribution is -0.146. The number of hydrogen-bond donors (Lipinski definition) is 2. The normalized spacial score (nSPS) is 14.7. The highest BCUT2D eigenvalue weighted by Crippen LogP contribution is 2.53. The quantitative estimate of drug-likeness (QED) is 0.198. The van der Waals surface area contributed by atoms with Crippen LogP contribution in [-0.4, -0.2) is 33.4 Å². The molecule has 0 saturated carbocycles. The summed E-state index contributed by atoms with van der Waals surface area (Å²) in [5.74, 6) is 2.98. The third-order valence-corrected chi connectivity index (χ3v) is 8.05. The first-order valence-electron chi connectivity index (χ1n) is 12.3. The van der Waals surface area contributed by atoms with Crippen molar-refractivity contribution < 1.29 is 28.5 Å². The molecular weight excluding hydrogens is 516 g/mol. The van der Waals surface area contributed by atoms with Crippen LogP contribution in [0.2, 0.25) is 0 Å². The molecular formula is C31H28FNO5P+. The van der Waals surface area contributed by atoms with Gasteiger partial charge in [-0.1, -0.05) is 80.4 Å². The van der Waals surface area contributed by atoms with Gasteiger partial charge in [0.25, 0.3) is 0 Å². The molecule has 3 unspecified atom stereocenters. The molecule has 4 aromatic rings. The lowest BCUT2D eigenvalue weighted by Gasteiger charge is -2.33. The van der Waals surface area contributed by atoms with Crippen LogP contribution in [0.3, 0.4) is 0 Å². The zero-order valence-electron chi connectivity index (χ0n) is 21.8. The largest absolute Gasteiger partial charge is 0.543 e. The number of hydrogen-bond acceptors (Lipinski definition) is 5. The van der Waals surface area contributed by atoms with Crippen LogP contribution in [0.25, 0.3) is 22.0 Å². The molecule has 39 heavy (non-hydrogen) atoms. The molecule has 1 heterocycles. The molecule has 0 saturated heterocycles. The first-order chi connectivity index (χ1) is 18.6. The number of benzene rings is 3. The average Bonchev–Trinajstić information content (AvgIpc) is 2.93. The molecule has 2 N–H and O–H groups in total. The molecule has 6 nitrogen and oxygen atoms in total. The number of carboxylic acids is 1. The van der Waals surface area contributed by atoms with Crippen molar-refractivity contribution in [3.8, 4) is 23.1 Å². The van der Waals surface area contributed by atoms with Gasteiger partial charge in [0.15, 0.2) is 5.60 Å². The smallest absolute Gasteiger partial charge is 0.477 e. The Morgan fingerprint density at radius 1 is 1.03 bits per heavy atom. The number of nitrogens with zero attached hydrogens (tertiary/aromatic N) is 1. The standard InChI is InChI=1S/C31H27FNO5P/c1-21(2)18-19-31(29(34)35,39(37)38-3)30(36,20-22-14-16-24(32)17-15-22)28-13-7-12-27(33-28)26-11-6-9-23-8-4-5-10-25(23)26/h4-17,21,36H,20H2,1-3H3/p+1. The van der Waals surface area contributed by atoms with E-state index in [9.17, 15) is 24.0 Å². The van der Waals surface area contributed by atoms with E-state index in [1.165, 1.54) is 30.3 Å². The fraction of sp³-hybridized carbons (Fsp3) is 0.226.